The van der Waals surface area contributed by atoms with E-state index >= 15 is 0 Å². The van der Waals surface area contributed by atoms with Crippen molar-refractivity contribution in [2.24, 2.45) is 5.92 Å². The van der Waals surface area contributed by atoms with Crippen molar-refractivity contribution in [2.45, 2.75) is 31.7 Å². The summed E-state index contributed by atoms with van der Waals surface area (Å²) in [6, 6.07) is 9.04. The summed E-state index contributed by atoms with van der Waals surface area (Å²) in [6.07, 6.45) is 1.92. The van der Waals surface area contributed by atoms with Gasteiger partial charge in [0.1, 0.15) is 5.54 Å². The van der Waals surface area contributed by atoms with Gasteiger partial charge in [0, 0.05) is 12.8 Å². The smallest absolute Gasteiger partial charge is 0.329 e. The van der Waals surface area contributed by atoms with Crippen LogP contribution in [0.2, 0.25) is 0 Å². The van der Waals surface area contributed by atoms with Crippen LogP contribution in [0.4, 0.5) is 4.79 Å². The number of imide groups is 1. The Labute approximate surface area is 153 Å². The lowest BCUT2D eigenvalue weighted by Crippen LogP contribution is -3.14. The molecule has 2 aliphatic heterocycles. The second-order valence-corrected chi connectivity index (χ2v) is 6.99. The van der Waals surface area contributed by atoms with Gasteiger partial charge in [-0.15, -0.1) is 0 Å². The molecule has 1 aromatic carbocycles. The van der Waals surface area contributed by atoms with Crippen LogP contribution in [-0.4, -0.2) is 49.7 Å². The Morgan fingerprint density at radius 3 is 2.50 bits per heavy atom. The highest BCUT2D eigenvalue weighted by Crippen LogP contribution is 2.31. The highest BCUT2D eigenvalue weighted by molar-refractivity contribution is 6.07. The van der Waals surface area contributed by atoms with E-state index in [0.29, 0.717) is 25.9 Å². The number of ether oxygens (including phenoxy) is 1. The maximum Gasteiger partial charge on any atom is 0.329 e. The molecule has 0 aromatic heterocycles. The first kappa shape index (κ1) is 18.4. The molecule has 1 aromatic rings. The number of benzene rings is 1. The number of carbonyl (C=O) groups is 3. The van der Waals surface area contributed by atoms with Gasteiger partial charge in [0.05, 0.1) is 26.1 Å². The number of esters is 1. The van der Waals surface area contributed by atoms with Crippen molar-refractivity contribution in [3.8, 4) is 0 Å². The molecule has 140 valence electrons. The number of methoxy groups -OCH3 is 1. The lowest BCUT2D eigenvalue weighted by molar-refractivity contribution is -0.913. The zero-order valence-corrected chi connectivity index (χ0v) is 15.3. The summed E-state index contributed by atoms with van der Waals surface area (Å²) in [5.74, 6) is -0.446. The van der Waals surface area contributed by atoms with E-state index < -0.39 is 5.54 Å². The third kappa shape index (κ3) is 3.19. The number of carbonyl (C=O) groups excluding carboxylic acids is 3. The van der Waals surface area contributed by atoms with Gasteiger partial charge in [-0.2, -0.15) is 0 Å². The van der Waals surface area contributed by atoms with Crippen LogP contribution < -0.4 is 10.2 Å². The molecule has 0 unspecified atom stereocenters. The van der Waals surface area contributed by atoms with Crippen LogP contribution in [0, 0.1) is 5.92 Å². The number of piperidine rings is 1. The third-order valence-corrected chi connectivity index (χ3v) is 5.58. The second-order valence-electron chi connectivity index (χ2n) is 6.99. The number of amides is 3. The van der Waals surface area contributed by atoms with Crippen molar-refractivity contribution in [1.82, 2.24) is 10.2 Å². The number of hydrogen-bond acceptors (Lipinski definition) is 4. The van der Waals surface area contributed by atoms with E-state index in [1.165, 1.54) is 12.0 Å². The average molecular weight is 360 g/mol. The van der Waals surface area contributed by atoms with Gasteiger partial charge in [0.25, 0.3) is 5.91 Å². The van der Waals surface area contributed by atoms with Crippen molar-refractivity contribution < 1.29 is 24.0 Å². The minimum absolute atomic E-state index is 0.0779. The Balaban J connectivity index is 1.69. The number of nitrogens with one attached hydrogen (secondary N) is 2. The molecule has 1 atom stereocenters. The molecule has 0 bridgehead atoms. The van der Waals surface area contributed by atoms with E-state index in [-0.39, 0.29) is 23.8 Å². The van der Waals surface area contributed by atoms with Gasteiger partial charge in [0.15, 0.2) is 6.67 Å². The van der Waals surface area contributed by atoms with Crippen LogP contribution in [0.25, 0.3) is 0 Å². The zero-order valence-electron chi connectivity index (χ0n) is 15.3. The Bertz CT molecular complexity index is 685. The summed E-state index contributed by atoms with van der Waals surface area (Å²) in [4.78, 5) is 39.7. The maximum atomic E-state index is 13.1. The Morgan fingerprint density at radius 2 is 1.92 bits per heavy atom. The number of likely N-dealkylation sites (tertiary alicyclic amines) is 1. The molecule has 26 heavy (non-hydrogen) atoms. The van der Waals surface area contributed by atoms with E-state index in [9.17, 15) is 14.4 Å². The van der Waals surface area contributed by atoms with Gasteiger partial charge in [-0.3, -0.25) is 9.59 Å². The van der Waals surface area contributed by atoms with Crippen LogP contribution in [-0.2, 0) is 19.9 Å². The van der Waals surface area contributed by atoms with Crippen LogP contribution in [0.1, 0.15) is 31.7 Å². The molecule has 2 fully saturated rings. The SMILES string of the molecule is CC[C@@]1(c2ccccc2)NC(=O)N(C[NH+]2CCC(C(=O)OC)CC2)C1=O. The summed E-state index contributed by atoms with van der Waals surface area (Å²) < 4.78 is 4.81. The van der Waals surface area contributed by atoms with Gasteiger partial charge in [-0.05, 0) is 12.0 Å². The minimum atomic E-state index is -0.984. The predicted octanol–water partition coefficient (Wildman–Crippen LogP) is 0.269. The molecule has 3 rings (SSSR count). The Hall–Kier alpha value is -2.41. The molecule has 0 spiro atoms. The zero-order chi connectivity index (χ0) is 18.7. The molecule has 2 N–H and O–H groups in total. The molecular weight excluding hydrogens is 334 g/mol. The molecule has 2 aliphatic rings. The average Bonchev–Trinajstić information content (AvgIpc) is 2.93. The maximum absolute atomic E-state index is 13.1. The lowest BCUT2D eigenvalue weighted by Gasteiger charge is -2.30. The first-order valence-electron chi connectivity index (χ1n) is 9.13. The van der Waals surface area contributed by atoms with Crippen molar-refractivity contribution in [1.29, 1.82) is 0 Å². The van der Waals surface area contributed by atoms with Crippen molar-refractivity contribution >= 4 is 17.9 Å². The number of nitrogens with zero attached hydrogens (tertiary/aromatic N) is 1. The van der Waals surface area contributed by atoms with E-state index in [1.54, 1.807) is 0 Å². The van der Waals surface area contributed by atoms with E-state index in [2.05, 4.69) is 5.32 Å². The molecule has 7 nitrogen and oxygen atoms in total. The number of hydrogen-bond donors (Lipinski definition) is 2. The van der Waals surface area contributed by atoms with Crippen LogP contribution in [0.5, 0.6) is 0 Å². The number of quaternary nitrogens is 1. The summed E-state index contributed by atoms with van der Waals surface area (Å²) in [7, 11) is 1.41. The van der Waals surface area contributed by atoms with E-state index in [4.69, 9.17) is 4.74 Å². The third-order valence-electron chi connectivity index (χ3n) is 5.58. The lowest BCUT2D eigenvalue weighted by atomic mass is 9.87. The summed E-state index contributed by atoms with van der Waals surface area (Å²) >= 11 is 0. The quantitative estimate of drug-likeness (QED) is 0.583. The first-order valence-corrected chi connectivity index (χ1v) is 9.13. The molecule has 2 heterocycles. The minimum Gasteiger partial charge on any atom is -0.469 e. The molecule has 3 amide bonds. The van der Waals surface area contributed by atoms with E-state index in [0.717, 1.165) is 23.6 Å². The Kier molecular flexibility index (Phi) is 5.27. The van der Waals surface area contributed by atoms with Gasteiger partial charge in [-0.1, -0.05) is 37.3 Å². The highest BCUT2D eigenvalue weighted by Gasteiger charge is 2.52. The molecule has 0 saturated carbocycles. The topological polar surface area (TPSA) is 80.2 Å². The fourth-order valence-corrected chi connectivity index (χ4v) is 3.94. The standard InChI is InChI=1S/C19H25N3O4/c1-3-19(15-7-5-4-6-8-15)17(24)22(18(25)20-19)13-21-11-9-14(10-12-21)16(23)26-2/h4-8,14H,3,9-13H2,1-2H3,(H,20,25)/p+1/t19-/m0/s1. The fourth-order valence-electron chi connectivity index (χ4n) is 3.94. The Morgan fingerprint density at radius 1 is 1.27 bits per heavy atom. The molecule has 0 radical (unpaired) electrons. The number of rotatable bonds is 5. The predicted molar refractivity (Wildman–Crippen MR) is 94.1 cm³/mol. The molecule has 0 aliphatic carbocycles. The summed E-state index contributed by atoms with van der Waals surface area (Å²) in [6.45, 7) is 3.71. The second kappa shape index (κ2) is 7.45. The largest absolute Gasteiger partial charge is 0.469 e. The van der Waals surface area contributed by atoms with Crippen molar-refractivity contribution in [3.05, 3.63) is 35.9 Å². The van der Waals surface area contributed by atoms with Gasteiger partial charge >= 0.3 is 12.0 Å². The highest BCUT2D eigenvalue weighted by atomic mass is 16.5. The summed E-state index contributed by atoms with van der Waals surface area (Å²) in [5.41, 5.74) is -0.176. The first-order chi connectivity index (χ1) is 12.5. The van der Waals surface area contributed by atoms with E-state index in [1.807, 2.05) is 37.3 Å². The van der Waals surface area contributed by atoms with Crippen LogP contribution in [0.15, 0.2) is 30.3 Å². The van der Waals surface area contributed by atoms with Gasteiger partial charge in [0.2, 0.25) is 0 Å². The number of urea groups is 1. The molecule has 7 heteroatoms. The summed E-state index contributed by atoms with van der Waals surface area (Å²) in [5, 5.41) is 2.91. The molecular formula is C19H26N3O4+. The molecule has 2 saturated heterocycles. The van der Waals surface area contributed by atoms with Gasteiger partial charge in [-0.25, -0.2) is 9.69 Å². The van der Waals surface area contributed by atoms with Crippen LogP contribution >= 0.6 is 0 Å². The monoisotopic (exact) mass is 360 g/mol. The van der Waals surface area contributed by atoms with Crippen molar-refractivity contribution in [3.63, 3.8) is 0 Å². The van der Waals surface area contributed by atoms with Crippen LogP contribution in [0.3, 0.4) is 0 Å². The fraction of sp³-hybridized carbons (Fsp3) is 0.526. The normalized spacial score (nSPS) is 28.8. The van der Waals surface area contributed by atoms with Crippen molar-refractivity contribution in [2.75, 3.05) is 26.9 Å². The van der Waals surface area contributed by atoms with Gasteiger partial charge < -0.3 is 15.0 Å².